The van der Waals surface area contributed by atoms with E-state index in [2.05, 4.69) is 9.82 Å². The van der Waals surface area contributed by atoms with Crippen molar-refractivity contribution < 1.29 is 8.42 Å². The van der Waals surface area contributed by atoms with E-state index in [0.29, 0.717) is 24.9 Å². The van der Waals surface area contributed by atoms with Crippen molar-refractivity contribution in [2.75, 3.05) is 30.3 Å². The highest BCUT2D eigenvalue weighted by molar-refractivity contribution is 8.06. The van der Waals surface area contributed by atoms with Gasteiger partial charge in [-0.25, -0.2) is 13.1 Å². The summed E-state index contributed by atoms with van der Waals surface area (Å²) in [6.45, 7) is 1.43. The predicted molar refractivity (Wildman–Crippen MR) is 80.0 cm³/mol. The van der Waals surface area contributed by atoms with E-state index in [1.165, 1.54) is 12.4 Å². The van der Waals surface area contributed by atoms with Crippen LogP contribution >= 0.6 is 23.5 Å². The van der Waals surface area contributed by atoms with Crippen LogP contribution in [0.1, 0.15) is 0 Å². The zero-order chi connectivity index (χ0) is 13.7. The topological polar surface area (TPSA) is 90.0 Å². The molecule has 0 aromatic carbocycles. The number of sulfonamides is 1. The Kier molecular flexibility index (Phi) is 5.58. The fourth-order valence-electron chi connectivity index (χ4n) is 1.68. The van der Waals surface area contributed by atoms with Gasteiger partial charge in [-0.3, -0.25) is 4.68 Å². The summed E-state index contributed by atoms with van der Waals surface area (Å²) in [7, 11) is -3.45. The molecule has 0 amide bonds. The molecule has 1 saturated heterocycles. The highest BCUT2D eigenvalue weighted by Gasteiger charge is 2.20. The first-order chi connectivity index (χ1) is 9.12. The van der Waals surface area contributed by atoms with Crippen LogP contribution in [0.4, 0.5) is 0 Å². The molecule has 0 bridgehead atoms. The first-order valence-corrected chi connectivity index (χ1v) is 9.72. The van der Waals surface area contributed by atoms with E-state index < -0.39 is 10.0 Å². The van der Waals surface area contributed by atoms with Crippen molar-refractivity contribution in [2.45, 2.75) is 16.7 Å². The van der Waals surface area contributed by atoms with Gasteiger partial charge in [0, 0.05) is 41.8 Å². The Morgan fingerprint density at radius 3 is 3.05 bits per heavy atom. The maximum Gasteiger partial charge on any atom is 0.243 e. The molecule has 1 aliphatic rings. The van der Waals surface area contributed by atoms with E-state index in [4.69, 9.17) is 5.73 Å². The molecule has 1 atom stereocenters. The molecule has 1 aromatic rings. The van der Waals surface area contributed by atoms with E-state index in [-0.39, 0.29) is 4.90 Å². The molecule has 1 fully saturated rings. The third kappa shape index (κ3) is 4.38. The summed E-state index contributed by atoms with van der Waals surface area (Å²) < 4.78 is 28.4. The first kappa shape index (κ1) is 15.2. The minimum absolute atomic E-state index is 0.203. The molecule has 0 radical (unpaired) electrons. The summed E-state index contributed by atoms with van der Waals surface area (Å²) in [6.07, 6.45) is 2.87. The smallest absolute Gasteiger partial charge is 0.243 e. The lowest BCUT2D eigenvalue weighted by Crippen LogP contribution is -2.33. The van der Waals surface area contributed by atoms with E-state index in [9.17, 15) is 8.42 Å². The molecule has 1 unspecified atom stereocenters. The van der Waals surface area contributed by atoms with Gasteiger partial charge in [0.15, 0.2) is 0 Å². The highest BCUT2D eigenvalue weighted by Crippen LogP contribution is 2.23. The fraction of sp³-hybridized carbons (Fsp3) is 0.700. The van der Waals surface area contributed by atoms with Gasteiger partial charge in [-0.15, -0.1) is 0 Å². The van der Waals surface area contributed by atoms with Crippen molar-refractivity contribution >= 4 is 33.5 Å². The molecule has 2 heterocycles. The van der Waals surface area contributed by atoms with Crippen molar-refractivity contribution in [3.8, 4) is 0 Å². The number of thioether (sulfide) groups is 2. The van der Waals surface area contributed by atoms with Crippen LogP contribution in [0.5, 0.6) is 0 Å². The van der Waals surface area contributed by atoms with Crippen molar-refractivity contribution in [1.82, 2.24) is 14.5 Å². The quantitative estimate of drug-likeness (QED) is 0.764. The number of hydrogen-bond acceptors (Lipinski definition) is 6. The normalized spacial score (nSPS) is 20.6. The molecule has 0 saturated carbocycles. The first-order valence-electron chi connectivity index (χ1n) is 6.03. The molecule has 19 heavy (non-hydrogen) atoms. The monoisotopic (exact) mass is 322 g/mol. The molecule has 1 aromatic heterocycles. The molecule has 3 N–H and O–H groups in total. The van der Waals surface area contributed by atoms with Crippen LogP contribution < -0.4 is 10.5 Å². The van der Waals surface area contributed by atoms with Crippen molar-refractivity contribution in [1.29, 1.82) is 0 Å². The van der Waals surface area contributed by atoms with Gasteiger partial charge in [0.25, 0.3) is 0 Å². The summed E-state index contributed by atoms with van der Waals surface area (Å²) in [5.74, 6) is 3.24. The predicted octanol–water partition coefficient (Wildman–Crippen LogP) is -0.0313. The minimum atomic E-state index is -3.45. The summed E-state index contributed by atoms with van der Waals surface area (Å²) in [5.41, 5.74) is 5.40. The molecular weight excluding hydrogens is 304 g/mol. The number of nitrogens with zero attached hydrogens (tertiary/aromatic N) is 2. The fourth-order valence-corrected chi connectivity index (χ4v) is 5.43. The lowest BCUT2D eigenvalue weighted by Gasteiger charge is -2.20. The van der Waals surface area contributed by atoms with E-state index >= 15 is 0 Å². The maximum atomic E-state index is 12.1. The second-order valence-corrected chi connectivity index (χ2v) is 8.47. The minimum Gasteiger partial charge on any atom is -0.329 e. The van der Waals surface area contributed by atoms with Crippen LogP contribution in [0.25, 0.3) is 0 Å². The zero-order valence-electron chi connectivity index (χ0n) is 10.5. The number of nitrogens with one attached hydrogen (secondary N) is 1. The Labute approximate surface area is 121 Å². The number of hydrogen-bond donors (Lipinski definition) is 2. The molecule has 6 nitrogen and oxygen atoms in total. The maximum absolute atomic E-state index is 12.1. The van der Waals surface area contributed by atoms with Crippen molar-refractivity contribution in [3.63, 3.8) is 0 Å². The summed E-state index contributed by atoms with van der Waals surface area (Å²) in [4.78, 5) is 0.203. The molecule has 108 valence electrons. The third-order valence-electron chi connectivity index (χ3n) is 2.66. The largest absolute Gasteiger partial charge is 0.329 e. The van der Waals surface area contributed by atoms with E-state index in [1.807, 2.05) is 23.5 Å². The van der Waals surface area contributed by atoms with Gasteiger partial charge < -0.3 is 5.73 Å². The van der Waals surface area contributed by atoms with Crippen molar-refractivity contribution in [2.24, 2.45) is 5.73 Å². The second-order valence-electron chi connectivity index (χ2n) is 4.15. The van der Waals surface area contributed by atoms with E-state index in [1.54, 1.807) is 4.68 Å². The van der Waals surface area contributed by atoms with Gasteiger partial charge in [-0.1, -0.05) is 0 Å². The summed E-state index contributed by atoms with van der Waals surface area (Å²) in [6, 6.07) is 0. The summed E-state index contributed by atoms with van der Waals surface area (Å²) >= 11 is 3.70. The van der Waals surface area contributed by atoms with Gasteiger partial charge in [0.2, 0.25) is 10.0 Å². The average molecular weight is 322 g/mol. The molecule has 0 spiro atoms. The molecule has 1 aliphatic heterocycles. The number of rotatable bonds is 6. The van der Waals surface area contributed by atoms with Crippen LogP contribution in [0.2, 0.25) is 0 Å². The summed E-state index contributed by atoms with van der Waals surface area (Å²) in [5, 5.41) is 4.33. The number of nitrogens with two attached hydrogens (primary N) is 1. The Bertz CT molecular complexity index is 497. The molecule has 0 aliphatic carbocycles. The van der Waals surface area contributed by atoms with Gasteiger partial charge >= 0.3 is 0 Å². The lowest BCUT2D eigenvalue weighted by molar-refractivity contribution is 0.580. The molecule has 9 heteroatoms. The van der Waals surface area contributed by atoms with Crippen LogP contribution in [-0.4, -0.2) is 53.8 Å². The average Bonchev–Trinajstić information content (AvgIpc) is 2.88. The Morgan fingerprint density at radius 1 is 1.53 bits per heavy atom. The third-order valence-corrected chi connectivity index (χ3v) is 6.89. The number of aromatic nitrogens is 2. The Morgan fingerprint density at radius 2 is 2.37 bits per heavy atom. The van der Waals surface area contributed by atoms with Crippen molar-refractivity contribution in [3.05, 3.63) is 12.4 Å². The van der Waals surface area contributed by atoms with Crippen LogP contribution in [0, 0.1) is 0 Å². The molecular formula is C10H18N4O2S3. The molecule has 2 rings (SSSR count). The van der Waals surface area contributed by atoms with Gasteiger partial charge in [-0.2, -0.15) is 28.6 Å². The standard InChI is InChI=1S/C10H18N4O2S3/c11-1-2-14-7-10(6-12-14)19(15,16)13-5-9-8-17-3-4-18-9/h6-7,9,13H,1-5,8,11H2. The second kappa shape index (κ2) is 6.98. The highest BCUT2D eigenvalue weighted by atomic mass is 32.2. The Hall–Kier alpha value is -0.220. The SMILES string of the molecule is NCCn1cc(S(=O)(=O)NCC2CSCCS2)cn1. The zero-order valence-corrected chi connectivity index (χ0v) is 12.9. The van der Waals surface area contributed by atoms with Crippen LogP contribution in [-0.2, 0) is 16.6 Å². The lowest BCUT2D eigenvalue weighted by atomic mass is 10.5. The van der Waals surface area contributed by atoms with Crippen LogP contribution in [0.15, 0.2) is 17.3 Å². The van der Waals surface area contributed by atoms with Gasteiger partial charge in [0.05, 0.1) is 12.7 Å². The van der Waals surface area contributed by atoms with Gasteiger partial charge in [0.1, 0.15) is 4.90 Å². The van der Waals surface area contributed by atoms with E-state index in [0.717, 1.165) is 17.3 Å². The Balaban J connectivity index is 1.92. The van der Waals surface area contributed by atoms with Gasteiger partial charge in [-0.05, 0) is 0 Å². The van der Waals surface area contributed by atoms with Crippen LogP contribution in [0.3, 0.4) is 0 Å².